The minimum absolute atomic E-state index is 0.126. The van der Waals surface area contributed by atoms with Crippen LogP contribution in [0.1, 0.15) is 51.2 Å². The summed E-state index contributed by atoms with van der Waals surface area (Å²) in [4.78, 5) is 4.42. The van der Waals surface area contributed by atoms with Gasteiger partial charge in [-0.15, -0.1) is 0 Å². The zero-order valence-electron chi connectivity index (χ0n) is 11.9. The summed E-state index contributed by atoms with van der Waals surface area (Å²) in [5.74, 6) is 1.31. The van der Waals surface area contributed by atoms with Gasteiger partial charge in [0, 0.05) is 6.61 Å². The van der Waals surface area contributed by atoms with Crippen molar-refractivity contribution in [2.24, 2.45) is 5.73 Å². The summed E-state index contributed by atoms with van der Waals surface area (Å²) in [5, 5.41) is 3.99. The van der Waals surface area contributed by atoms with Crippen LogP contribution in [0.3, 0.4) is 0 Å². The zero-order valence-corrected chi connectivity index (χ0v) is 11.9. The van der Waals surface area contributed by atoms with Crippen LogP contribution < -0.4 is 5.73 Å². The number of ether oxygens (including phenoxy) is 2. The Morgan fingerprint density at radius 2 is 2.32 bits per heavy atom. The van der Waals surface area contributed by atoms with Crippen molar-refractivity contribution in [1.82, 2.24) is 10.1 Å². The fraction of sp³-hybridized carbons (Fsp3) is 0.846. The predicted octanol–water partition coefficient (Wildman–Crippen LogP) is 1.56. The van der Waals surface area contributed by atoms with E-state index in [-0.39, 0.29) is 12.0 Å². The van der Waals surface area contributed by atoms with Crippen molar-refractivity contribution in [3.63, 3.8) is 0 Å². The largest absolute Gasteiger partial charge is 0.381 e. The summed E-state index contributed by atoms with van der Waals surface area (Å²) in [6.07, 6.45) is 2.17. The van der Waals surface area contributed by atoms with Gasteiger partial charge in [-0.3, -0.25) is 0 Å². The molecule has 1 aromatic rings. The highest BCUT2D eigenvalue weighted by Crippen LogP contribution is 2.25. The monoisotopic (exact) mass is 269 g/mol. The van der Waals surface area contributed by atoms with Crippen LogP contribution >= 0.6 is 0 Å². The van der Waals surface area contributed by atoms with Gasteiger partial charge in [-0.2, -0.15) is 4.98 Å². The van der Waals surface area contributed by atoms with Crippen LogP contribution in [-0.4, -0.2) is 36.1 Å². The molecule has 1 aliphatic rings. The molecule has 2 rings (SSSR count). The molecule has 0 saturated carbocycles. The predicted molar refractivity (Wildman–Crippen MR) is 69.7 cm³/mol. The molecular formula is C13H23N3O3. The lowest BCUT2D eigenvalue weighted by atomic mass is 10.0. The van der Waals surface area contributed by atoms with Gasteiger partial charge in [0.1, 0.15) is 5.54 Å². The first-order valence-corrected chi connectivity index (χ1v) is 6.81. The Morgan fingerprint density at radius 1 is 1.53 bits per heavy atom. The van der Waals surface area contributed by atoms with Gasteiger partial charge in [-0.1, -0.05) is 5.16 Å². The Bertz CT molecular complexity index is 398. The average Bonchev–Trinajstić information content (AvgIpc) is 2.88. The molecule has 0 spiro atoms. The van der Waals surface area contributed by atoms with E-state index in [0.717, 1.165) is 19.4 Å². The maximum Gasteiger partial charge on any atom is 0.232 e. The lowest BCUT2D eigenvalue weighted by molar-refractivity contribution is 0.0410. The van der Waals surface area contributed by atoms with Crippen LogP contribution in [0.4, 0.5) is 0 Å². The van der Waals surface area contributed by atoms with Crippen molar-refractivity contribution in [3.8, 4) is 0 Å². The summed E-state index contributed by atoms with van der Waals surface area (Å²) in [5.41, 5.74) is 5.45. The number of nitrogens with two attached hydrogens (primary N) is 1. The van der Waals surface area contributed by atoms with E-state index in [4.69, 9.17) is 19.7 Å². The Kier molecular flexibility index (Phi) is 4.54. The molecule has 19 heavy (non-hydrogen) atoms. The molecule has 1 fully saturated rings. The second-order valence-electron chi connectivity index (χ2n) is 5.65. The first kappa shape index (κ1) is 14.4. The van der Waals surface area contributed by atoms with E-state index in [1.54, 1.807) is 0 Å². The molecule has 1 aliphatic heterocycles. The lowest BCUT2D eigenvalue weighted by Crippen LogP contribution is -2.40. The molecule has 0 bridgehead atoms. The van der Waals surface area contributed by atoms with E-state index >= 15 is 0 Å². The van der Waals surface area contributed by atoms with Gasteiger partial charge in [0.15, 0.2) is 5.82 Å². The number of hydrogen-bond acceptors (Lipinski definition) is 6. The van der Waals surface area contributed by atoms with Gasteiger partial charge in [-0.05, 0) is 33.6 Å². The highest BCUT2D eigenvalue weighted by Gasteiger charge is 2.30. The summed E-state index contributed by atoms with van der Waals surface area (Å²) < 4.78 is 16.3. The molecule has 2 heterocycles. The van der Waals surface area contributed by atoms with Crippen LogP contribution in [0.5, 0.6) is 0 Å². The Morgan fingerprint density at radius 3 is 2.95 bits per heavy atom. The topological polar surface area (TPSA) is 83.4 Å². The normalized spacial score (nSPS) is 23.5. The van der Waals surface area contributed by atoms with Crippen LogP contribution in [-0.2, 0) is 15.0 Å². The van der Waals surface area contributed by atoms with Crippen molar-refractivity contribution in [2.45, 2.75) is 51.2 Å². The van der Waals surface area contributed by atoms with Crippen LogP contribution in [0, 0.1) is 0 Å². The lowest BCUT2D eigenvalue weighted by Gasteiger charge is -2.22. The molecule has 6 nitrogen and oxygen atoms in total. The van der Waals surface area contributed by atoms with Gasteiger partial charge in [0.25, 0.3) is 0 Å². The number of rotatable bonds is 5. The quantitative estimate of drug-likeness (QED) is 0.873. The van der Waals surface area contributed by atoms with Crippen molar-refractivity contribution in [3.05, 3.63) is 11.7 Å². The van der Waals surface area contributed by atoms with Crippen LogP contribution in [0.15, 0.2) is 4.52 Å². The summed E-state index contributed by atoms with van der Waals surface area (Å²) >= 11 is 0. The van der Waals surface area contributed by atoms with Crippen LogP contribution in [0.25, 0.3) is 0 Å². The number of hydrogen-bond donors (Lipinski definition) is 1. The second kappa shape index (κ2) is 5.98. The highest BCUT2D eigenvalue weighted by molar-refractivity contribution is 5.04. The SMILES string of the molecule is CC(C)OCC(C)(N)c1noc(C2CCCOC2)n1. The average molecular weight is 269 g/mol. The summed E-state index contributed by atoms with van der Waals surface area (Å²) in [6, 6.07) is 0. The molecule has 0 amide bonds. The van der Waals surface area contributed by atoms with Gasteiger partial charge in [0.2, 0.25) is 5.89 Å². The third-order valence-electron chi connectivity index (χ3n) is 3.18. The van der Waals surface area contributed by atoms with E-state index in [0.29, 0.717) is 24.9 Å². The fourth-order valence-corrected chi connectivity index (χ4v) is 1.97. The van der Waals surface area contributed by atoms with Gasteiger partial charge >= 0.3 is 0 Å². The smallest absolute Gasteiger partial charge is 0.232 e. The molecule has 6 heteroatoms. The van der Waals surface area contributed by atoms with E-state index in [1.807, 2.05) is 20.8 Å². The Hall–Kier alpha value is -0.980. The van der Waals surface area contributed by atoms with E-state index in [1.165, 1.54) is 0 Å². The van der Waals surface area contributed by atoms with E-state index in [2.05, 4.69) is 10.1 Å². The zero-order chi connectivity index (χ0) is 13.9. The summed E-state index contributed by atoms with van der Waals surface area (Å²) in [6.45, 7) is 7.61. The molecule has 2 N–H and O–H groups in total. The van der Waals surface area contributed by atoms with E-state index < -0.39 is 5.54 Å². The molecule has 0 aromatic carbocycles. The highest BCUT2D eigenvalue weighted by atomic mass is 16.5. The van der Waals surface area contributed by atoms with Gasteiger partial charge < -0.3 is 19.7 Å². The van der Waals surface area contributed by atoms with Crippen molar-refractivity contribution in [2.75, 3.05) is 19.8 Å². The van der Waals surface area contributed by atoms with E-state index in [9.17, 15) is 0 Å². The van der Waals surface area contributed by atoms with Crippen LogP contribution in [0.2, 0.25) is 0 Å². The molecule has 1 aromatic heterocycles. The number of aromatic nitrogens is 2. The minimum atomic E-state index is -0.735. The molecule has 1 saturated heterocycles. The minimum Gasteiger partial charge on any atom is -0.381 e. The maximum absolute atomic E-state index is 6.19. The number of nitrogens with zero attached hydrogens (tertiary/aromatic N) is 2. The first-order valence-electron chi connectivity index (χ1n) is 6.81. The molecule has 0 aliphatic carbocycles. The Balaban J connectivity index is 2.02. The molecule has 2 unspecified atom stereocenters. The second-order valence-corrected chi connectivity index (χ2v) is 5.65. The molecule has 108 valence electrons. The third-order valence-corrected chi connectivity index (χ3v) is 3.18. The third kappa shape index (κ3) is 3.75. The van der Waals surface area contributed by atoms with Crippen molar-refractivity contribution < 1.29 is 14.0 Å². The van der Waals surface area contributed by atoms with Crippen molar-refractivity contribution >= 4 is 0 Å². The maximum atomic E-state index is 6.19. The van der Waals surface area contributed by atoms with Gasteiger partial charge in [0.05, 0.1) is 25.2 Å². The first-order chi connectivity index (χ1) is 8.99. The van der Waals surface area contributed by atoms with Crippen molar-refractivity contribution in [1.29, 1.82) is 0 Å². The Labute approximate surface area is 113 Å². The molecular weight excluding hydrogens is 246 g/mol. The molecule has 0 radical (unpaired) electrons. The standard InChI is InChI=1S/C13H23N3O3/c1-9(2)18-8-13(3,14)12-15-11(19-16-12)10-5-4-6-17-7-10/h9-10H,4-8,14H2,1-3H3. The fourth-order valence-electron chi connectivity index (χ4n) is 1.97. The van der Waals surface area contributed by atoms with Gasteiger partial charge in [-0.25, -0.2) is 0 Å². The molecule has 2 atom stereocenters. The summed E-state index contributed by atoms with van der Waals surface area (Å²) in [7, 11) is 0.